The molecule has 0 bridgehead atoms. The average Bonchev–Trinajstić information content (AvgIpc) is 2.85. The topological polar surface area (TPSA) is 77.2 Å². The van der Waals surface area contributed by atoms with Gasteiger partial charge in [0.25, 0.3) is 0 Å². The molecule has 2 rings (SSSR count). The highest BCUT2D eigenvalue weighted by Gasteiger charge is 2.15. The van der Waals surface area contributed by atoms with Gasteiger partial charge >= 0.3 is 5.97 Å². The van der Waals surface area contributed by atoms with Crippen LogP contribution in [-0.4, -0.2) is 25.8 Å². The highest BCUT2D eigenvalue weighted by molar-refractivity contribution is 9.10. The van der Waals surface area contributed by atoms with Crippen LogP contribution < -0.4 is 4.74 Å². The van der Waals surface area contributed by atoms with E-state index in [0.29, 0.717) is 16.0 Å². The Morgan fingerprint density at radius 1 is 1.50 bits per heavy atom. The summed E-state index contributed by atoms with van der Waals surface area (Å²) in [6, 6.07) is 4.89. The highest BCUT2D eigenvalue weighted by atomic mass is 79.9. The Kier molecular flexibility index (Phi) is 4.73. The smallest absolute Gasteiger partial charge is 0.339 e. The van der Waals surface area contributed by atoms with Crippen molar-refractivity contribution in [2.75, 3.05) is 0 Å². The molecule has 7 heteroatoms. The maximum absolute atomic E-state index is 11.2. The second-order valence-electron chi connectivity index (χ2n) is 4.11. The molecule has 0 spiro atoms. The number of ether oxygens (including phenoxy) is 1. The van der Waals surface area contributed by atoms with Gasteiger partial charge in [-0.1, -0.05) is 13.0 Å². The van der Waals surface area contributed by atoms with Gasteiger partial charge in [-0.25, -0.2) is 14.5 Å². The van der Waals surface area contributed by atoms with Crippen molar-refractivity contribution < 1.29 is 14.6 Å². The summed E-state index contributed by atoms with van der Waals surface area (Å²) in [7, 11) is 0. The summed E-state index contributed by atoms with van der Waals surface area (Å²) in [5.41, 5.74) is 0.112. The lowest BCUT2D eigenvalue weighted by atomic mass is 10.2. The van der Waals surface area contributed by atoms with E-state index in [0.717, 1.165) is 13.0 Å². The number of hydrogen-bond acceptors (Lipinski definition) is 4. The fraction of sp³-hybridized carbons (Fsp3) is 0.308. The van der Waals surface area contributed by atoms with Gasteiger partial charge in [0, 0.05) is 6.54 Å². The van der Waals surface area contributed by atoms with Crippen LogP contribution in [0.4, 0.5) is 0 Å². The van der Waals surface area contributed by atoms with E-state index in [2.05, 4.69) is 26.0 Å². The van der Waals surface area contributed by atoms with Crippen LogP contribution >= 0.6 is 15.9 Å². The van der Waals surface area contributed by atoms with Crippen LogP contribution in [-0.2, 0) is 13.2 Å². The van der Waals surface area contributed by atoms with Crippen LogP contribution in [0.3, 0.4) is 0 Å². The number of aryl methyl sites for hydroxylation is 1. The summed E-state index contributed by atoms with van der Waals surface area (Å²) >= 11 is 3.30. The Morgan fingerprint density at radius 3 is 3.00 bits per heavy atom. The molecule has 0 aliphatic rings. The fourth-order valence-corrected chi connectivity index (χ4v) is 2.24. The zero-order valence-electron chi connectivity index (χ0n) is 10.9. The molecule has 0 aliphatic heterocycles. The fourth-order valence-electron chi connectivity index (χ4n) is 1.76. The van der Waals surface area contributed by atoms with Gasteiger partial charge in [0.2, 0.25) is 0 Å². The monoisotopic (exact) mass is 339 g/mol. The number of para-hydroxylation sites is 1. The zero-order chi connectivity index (χ0) is 14.5. The lowest BCUT2D eigenvalue weighted by Crippen LogP contribution is -2.10. The van der Waals surface area contributed by atoms with Gasteiger partial charge < -0.3 is 9.84 Å². The van der Waals surface area contributed by atoms with E-state index in [1.54, 1.807) is 16.8 Å². The standard InChI is InChI=1S/C13H14BrN3O3/c1-2-6-17-11(15-8-16-17)7-20-12-9(13(18)19)4-3-5-10(12)14/h3-5,8H,2,6-7H2,1H3,(H,18,19). The minimum Gasteiger partial charge on any atom is -0.484 e. The number of hydrogen-bond donors (Lipinski definition) is 1. The first kappa shape index (κ1) is 14.5. The van der Waals surface area contributed by atoms with Crippen molar-refractivity contribution in [2.45, 2.75) is 26.5 Å². The van der Waals surface area contributed by atoms with Crippen LogP contribution in [0.1, 0.15) is 29.5 Å². The molecule has 0 aliphatic carbocycles. The molecule has 0 saturated heterocycles. The Morgan fingerprint density at radius 2 is 2.30 bits per heavy atom. The van der Waals surface area contributed by atoms with E-state index >= 15 is 0 Å². The van der Waals surface area contributed by atoms with Gasteiger partial charge in [-0.3, -0.25) is 0 Å². The number of halogens is 1. The van der Waals surface area contributed by atoms with Crippen molar-refractivity contribution in [3.63, 3.8) is 0 Å². The predicted molar refractivity (Wildman–Crippen MR) is 75.7 cm³/mol. The minimum atomic E-state index is -1.03. The van der Waals surface area contributed by atoms with Crippen molar-refractivity contribution in [1.29, 1.82) is 0 Å². The molecule has 0 radical (unpaired) electrons. The van der Waals surface area contributed by atoms with Gasteiger partial charge in [0.1, 0.15) is 24.2 Å². The van der Waals surface area contributed by atoms with E-state index < -0.39 is 5.97 Å². The van der Waals surface area contributed by atoms with Crippen molar-refractivity contribution in [3.8, 4) is 5.75 Å². The molecule has 0 amide bonds. The Hall–Kier alpha value is -1.89. The van der Waals surface area contributed by atoms with Crippen LogP contribution in [0.15, 0.2) is 29.0 Å². The number of benzene rings is 1. The third-order valence-electron chi connectivity index (χ3n) is 2.67. The summed E-state index contributed by atoms with van der Waals surface area (Å²) < 4.78 is 7.95. The molecule has 1 N–H and O–H groups in total. The summed E-state index contributed by atoms with van der Waals surface area (Å²) in [5.74, 6) is -0.0682. The summed E-state index contributed by atoms with van der Waals surface area (Å²) in [5, 5.41) is 13.2. The second-order valence-corrected chi connectivity index (χ2v) is 4.96. The number of carboxylic acid groups (broad SMARTS) is 1. The molecule has 0 atom stereocenters. The molecule has 106 valence electrons. The molecule has 1 heterocycles. The van der Waals surface area contributed by atoms with Gasteiger partial charge in [0.15, 0.2) is 5.82 Å². The molecular weight excluding hydrogens is 326 g/mol. The maximum Gasteiger partial charge on any atom is 0.339 e. The third-order valence-corrected chi connectivity index (χ3v) is 3.30. The van der Waals surface area contributed by atoms with Crippen molar-refractivity contribution in [2.24, 2.45) is 0 Å². The molecular formula is C13H14BrN3O3. The highest BCUT2D eigenvalue weighted by Crippen LogP contribution is 2.29. The molecule has 20 heavy (non-hydrogen) atoms. The Labute approximate surface area is 124 Å². The average molecular weight is 340 g/mol. The first-order chi connectivity index (χ1) is 9.63. The minimum absolute atomic E-state index is 0.112. The second kappa shape index (κ2) is 6.51. The number of aromatic carboxylic acids is 1. The van der Waals surface area contributed by atoms with Crippen LogP contribution in [0.25, 0.3) is 0 Å². The number of aromatic nitrogens is 3. The third kappa shape index (κ3) is 3.16. The van der Waals surface area contributed by atoms with E-state index in [9.17, 15) is 4.79 Å². The molecule has 1 aromatic heterocycles. The predicted octanol–water partition coefficient (Wildman–Crippen LogP) is 2.73. The first-order valence-electron chi connectivity index (χ1n) is 6.14. The number of carbonyl (C=O) groups is 1. The van der Waals surface area contributed by atoms with Crippen molar-refractivity contribution in [1.82, 2.24) is 14.8 Å². The van der Waals surface area contributed by atoms with Crippen LogP contribution in [0.2, 0.25) is 0 Å². The van der Waals surface area contributed by atoms with Gasteiger partial charge in [-0.15, -0.1) is 0 Å². The van der Waals surface area contributed by atoms with E-state index in [1.165, 1.54) is 12.4 Å². The molecule has 0 fully saturated rings. The number of nitrogens with zero attached hydrogens (tertiary/aromatic N) is 3. The van der Waals surface area contributed by atoms with Crippen LogP contribution in [0, 0.1) is 0 Å². The zero-order valence-corrected chi connectivity index (χ0v) is 12.5. The maximum atomic E-state index is 11.2. The van der Waals surface area contributed by atoms with E-state index in [4.69, 9.17) is 9.84 Å². The lowest BCUT2D eigenvalue weighted by Gasteiger charge is -2.11. The Balaban J connectivity index is 2.18. The van der Waals surface area contributed by atoms with Gasteiger partial charge in [0.05, 0.1) is 4.47 Å². The first-order valence-corrected chi connectivity index (χ1v) is 6.94. The quantitative estimate of drug-likeness (QED) is 0.875. The normalized spacial score (nSPS) is 10.5. The molecule has 2 aromatic rings. The number of rotatable bonds is 6. The van der Waals surface area contributed by atoms with Crippen molar-refractivity contribution in [3.05, 3.63) is 40.4 Å². The van der Waals surface area contributed by atoms with Crippen LogP contribution in [0.5, 0.6) is 5.75 Å². The largest absolute Gasteiger partial charge is 0.484 e. The molecule has 0 saturated carbocycles. The van der Waals surface area contributed by atoms with Gasteiger partial charge in [-0.05, 0) is 34.5 Å². The molecule has 6 nitrogen and oxygen atoms in total. The SMILES string of the molecule is CCCn1ncnc1COc1c(Br)cccc1C(=O)O. The molecule has 0 unspecified atom stereocenters. The summed E-state index contributed by atoms with van der Waals surface area (Å²) in [6.07, 6.45) is 2.40. The summed E-state index contributed by atoms with van der Waals surface area (Å²) in [4.78, 5) is 15.3. The lowest BCUT2D eigenvalue weighted by molar-refractivity contribution is 0.0691. The van der Waals surface area contributed by atoms with Gasteiger partial charge in [-0.2, -0.15) is 5.10 Å². The van der Waals surface area contributed by atoms with E-state index in [1.807, 2.05) is 6.92 Å². The molecule has 1 aromatic carbocycles. The Bertz CT molecular complexity index is 613. The van der Waals surface area contributed by atoms with Crippen molar-refractivity contribution >= 4 is 21.9 Å². The number of carboxylic acids is 1. The summed E-state index contributed by atoms with van der Waals surface area (Å²) in [6.45, 7) is 2.96. The van der Waals surface area contributed by atoms with E-state index in [-0.39, 0.29) is 12.2 Å².